The predicted molar refractivity (Wildman–Crippen MR) is 79.5 cm³/mol. The topological polar surface area (TPSA) is 98.9 Å². The summed E-state index contributed by atoms with van der Waals surface area (Å²) in [5, 5.41) is 10.1. The van der Waals surface area contributed by atoms with Crippen molar-refractivity contribution in [3.63, 3.8) is 0 Å². The van der Waals surface area contributed by atoms with Gasteiger partial charge in [-0.25, -0.2) is 0 Å². The van der Waals surface area contributed by atoms with Crippen LogP contribution in [0.15, 0.2) is 11.0 Å². The van der Waals surface area contributed by atoms with E-state index >= 15 is 0 Å². The molecule has 0 aromatic carbocycles. The number of ether oxygens (including phenoxy) is 1. The lowest BCUT2D eigenvalue weighted by Gasteiger charge is -2.26. The van der Waals surface area contributed by atoms with Crippen LogP contribution in [-0.2, 0) is 4.74 Å². The number of rotatable bonds is 6. The van der Waals surface area contributed by atoms with Gasteiger partial charge < -0.3 is 10.1 Å². The number of anilines is 1. The minimum Gasteiger partial charge on any atom is -0.379 e. The molecular weight excluding hydrogens is 272 g/mol. The van der Waals surface area contributed by atoms with Crippen molar-refractivity contribution in [3.05, 3.63) is 16.6 Å². The molecule has 0 bridgehead atoms. The van der Waals surface area contributed by atoms with E-state index in [2.05, 4.69) is 30.4 Å². The Hall–Kier alpha value is -1.93. The van der Waals surface area contributed by atoms with Crippen molar-refractivity contribution in [1.29, 1.82) is 0 Å². The number of unbranched alkanes of at least 4 members (excludes halogenated alkanes) is 1. The van der Waals surface area contributed by atoms with Crippen LogP contribution < -0.4 is 10.9 Å². The van der Waals surface area contributed by atoms with Gasteiger partial charge in [-0.3, -0.25) is 19.8 Å². The number of aromatic nitrogens is 4. The zero-order valence-corrected chi connectivity index (χ0v) is 11.9. The van der Waals surface area contributed by atoms with Gasteiger partial charge in [0, 0.05) is 19.6 Å². The van der Waals surface area contributed by atoms with Crippen molar-refractivity contribution < 1.29 is 4.74 Å². The van der Waals surface area contributed by atoms with Gasteiger partial charge in [-0.05, 0) is 19.4 Å². The zero-order valence-electron chi connectivity index (χ0n) is 11.9. The first kappa shape index (κ1) is 14.0. The van der Waals surface area contributed by atoms with Crippen LogP contribution >= 0.6 is 0 Å². The second-order valence-corrected chi connectivity index (χ2v) is 5.13. The Bertz CT molecular complexity index is 631. The molecule has 8 nitrogen and oxygen atoms in total. The molecule has 0 unspecified atom stereocenters. The highest BCUT2D eigenvalue weighted by atomic mass is 16.5. The molecular formula is C13H20N6O2. The third-order valence-electron chi connectivity index (χ3n) is 3.62. The number of fused-ring (bicyclic) bond motifs is 1. The van der Waals surface area contributed by atoms with Crippen molar-refractivity contribution in [2.75, 3.05) is 44.7 Å². The summed E-state index contributed by atoms with van der Waals surface area (Å²) >= 11 is 0. The average molecular weight is 292 g/mol. The summed E-state index contributed by atoms with van der Waals surface area (Å²) < 4.78 is 5.32. The van der Waals surface area contributed by atoms with E-state index in [-0.39, 0.29) is 5.56 Å². The van der Waals surface area contributed by atoms with Crippen LogP contribution in [-0.4, -0.2) is 64.5 Å². The summed E-state index contributed by atoms with van der Waals surface area (Å²) in [5.41, 5.74) is 0.333. The van der Waals surface area contributed by atoms with Crippen LogP contribution in [0.2, 0.25) is 0 Å². The molecule has 21 heavy (non-hydrogen) atoms. The Balaban J connectivity index is 1.43. The van der Waals surface area contributed by atoms with Gasteiger partial charge in [0.15, 0.2) is 5.65 Å². The van der Waals surface area contributed by atoms with E-state index in [1.54, 1.807) is 0 Å². The summed E-state index contributed by atoms with van der Waals surface area (Å²) in [4.78, 5) is 21.1. The normalized spacial score (nSPS) is 16.4. The fraction of sp³-hybridized carbons (Fsp3) is 0.615. The van der Waals surface area contributed by atoms with Crippen LogP contribution in [0.4, 0.5) is 5.95 Å². The highest BCUT2D eigenvalue weighted by Crippen LogP contribution is 2.05. The van der Waals surface area contributed by atoms with Gasteiger partial charge in [0.2, 0.25) is 5.95 Å². The second kappa shape index (κ2) is 6.68. The zero-order chi connectivity index (χ0) is 14.5. The third-order valence-corrected chi connectivity index (χ3v) is 3.62. The van der Waals surface area contributed by atoms with Gasteiger partial charge in [-0.1, -0.05) is 0 Å². The Morgan fingerprint density at radius 3 is 3.05 bits per heavy atom. The Labute approximate surface area is 121 Å². The van der Waals surface area contributed by atoms with Crippen LogP contribution in [0.5, 0.6) is 0 Å². The van der Waals surface area contributed by atoms with Gasteiger partial charge in [-0.2, -0.15) is 10.1 Å². The second-order valence-electron chi connectivity index (χ2n) is 5.13. The van der Waals surface area contributed by atoms with Gasteiger partial charge in [-0.15, -0.1) is 0 Å². The van der Waals surface area contributed by atoms with E-state index in [1.807, 2.05) is 0 Å². The summed E-state index contributed by atoms with van der Waals surface area (Å²) in [6, 6.07) is 0. The van der Waals surface area contributed by atoms with Gasteiger partial charge in [0.1, 0.15) is 5.39 Å². The molecule has 3 heterocycles. The molecule has 2 aromatic rings. The maximum absolute atomic E-state index is 11.7. The summed E-state index contributed by atoms with van der Waals surface area (Å²) in [6.45, 7) is 5.61. The van der Waals surface area contributed by atoms with Crippen molar-refractivity contribution >= 4 is 17.0 Å². The minimum absolute atomic E-state index is 0.176. The molecule has 1 saturated heterocycles. The largest absolute Gasteiger partial charge is 0.379 e. The number of H-pyrrole nitrogens is 2. The molecule has 3 N–H and O–H groups in total. The van der Waals surface area contributed by atoms with Crippen molar-refractivity contribution in [2.24, 2.45) is 0 Å². The van der Waals surface area contributed by atoms with Crippen molar-refractivity contribution in [3.8, 4) is 0 Å². The molecule has 114 valence electrons. The van der Waals surface area contributed by atoms with E-state index in [4.69, 9.17) is 4.74 Å². The quantitative estimate of drug-likeness (QED) is 0.656. The minimum atomic E-state index is -0.176. The van der Waals surface area contributed by atoms with Crippen LogP contribution in [0, 0.1) is 0 Å². The number of aromatic amines is 2. The molecule has 0 aliphatic carbocycles. The SMILES string of the molecule is O=c1[nH]c(NCCCCN2CCOCC2)nc2[nH]ncc12. The van der Waals surface area contributed by atoms with Crippen molar-refractivity contribution in [1.82, 2.24) is 25.1 Å². The number of hydrogen-bond donors (Lipinski definition) is 3. The first-order valence-corrected chi connectivity index (χ1v) is 7.30. The van der Waals surface area contributed by atoms with Crippen LogP contribution in [0.25, 0.3) is 11.0 Å². The van der Waals surface area contributed by atoms with E-state index in [1.165, 1.54) is 6.20 Å². The Morgan fingerprint density at radius 2 is 2.19 bits per heavy atom. The number of nitrogens with one attached hydrogen (secondary N) is 3. The molecule has 0 atom stereocenters. The molecule has 1 fully saturated rings. The van der Waals surface area contributed by atoms with Crippen molar-refractivity contribution in [2.45, 2.75) is 12.8 Å². The van der Waals surface area contributed by atoms with Gasteiger partial charge in [0.05, 0.1) is 19.4 Å². The molecule has 0 amide bonds. The first-order valence-electron chi connectivity index (χ1n) is 7.30. The standard InChI is InChI=1S/C13H20N6O2/c20-12-10-9-15-18-11(10)16-13(17-12)14-3-1-2-4-19-5-7-21-8-6-19/h9H,1-8H2,(H3,14,15,16,17,18,20). The third kappa shape index (κ3) is 3.59. The highest BCUT2D eigenvalue weighted by Gasteiger charge is 2.09. The molecule has 8 heteroatoms. The number of morpholine rings is 1. The average Bonchev–Trinajstić information content (AvgIpc) is 2.97. The highest BCUT2D eigenvalue weighted by molar-refractivity contribution is 5.73. The molecule has 1 aliphatic rings. The van der Waals surface area contributed by atoms with Gasteiger partial charge >= 0.3 is 0 Å². The maximum atomic E-state index is 11.7. The van der Waals surface area contributed by atoms with Crippen LogP contribution in [0.3, 0.4) is 0 Å². The number of hydrogen-bond acceptors (Lipinski definition) is 6. The lowest BCUT2D eigenvalue weighted by atomic mass is 10.3. The molecule has 0 radical (unpaired) electrons. The fourth-order valence-corrected chi connectivity index (χ4v) is 2.42. The molecule has 2 aromatic heterocycles. The summed E-state index contributed by atoms with van der Waals surface area (Å²) in [6.07, 6.45) is 3.62. The molecule has 0 saturated carbocycles. The summed E-state index contributed by atoms with van der Waals surface area (Å²) in [5.74, 6) is 0.489. The molecule has 1 aliphatic heterocycles. The van der Waals surface area contributed by atoms with E-state index in [9.17, 15) is 4.79 Å². The Kier molecular flexibility index (Phi) is 4.46. The molecule has 0 spiro atoms. The van der Waals surface area contributed by atoms with E-state index in [0.29, 0.717) is 17.0 Å². The monoisotopic (exact) mass is 292 g/mol. The fourth-order valence-electron chi connectivity index (χ4n) is 2.42. The maximum Gasteiger partial charge on any atom is 0.263 e. The van der Waals surface area contributed by atoms with Gasteiger partial charge in [0.25, 0.3) is 5.56 Å². The molecule has 3 rings (SSSR count). The lowest BCUT2D eigenvalue weighted by Crippen LogP contribution is -2.36. The van der Waals surface area contributed by atoms with E-state index < -0.39 is 0 Å². The predicted octanol–water partition coefficient (Wildman–Crippen LogP) is 0.170. The number of nitrogens with zero attached hydrogens (tertiary/aromatic N) is 3. The Morgan fingerprint density at radius 1 is 1.33 bits per heavy atom. The first-order chi connectivity index (χ1) is 10.3. The van der Waals surface area contributed by atoms with E-state index in [0.717, 1.165) is 52.2 Å². The smallest absolute Gasteiger partial charge is 0.263 e. The summed E-state index contributed by atoms with van der Waals surface area (Å²) in [7, 11) is 0. The lowest BCUT2D eigenvalue weighted by molar-refractivity contribution is 0.0373. The van der Waals surface area contributed by atoms with Crippen LogP contribution in [0.1, 0.15) is 12.8 Å².